The van der Waals surface area contributed by atoms with E-state index >= 15 is 0 Å². The third kappa shape index (κ3) is 4.31. The molecule has 30 heavy (non-hydrogen) atoms. The summed E-state index contributed by atoms with van der Waals surface area (Å²) in [6.07, 6.45) is 9.14. The molecule has 1 amide bonds. The van der Waals surface area contributed by atoms with Gasteiger partial charge in [-0.15, -0.1) is 0 Å². The van der Waals surface area contributed by atoms with Crippen molar-refractivity contribution in [2.45, 2.75) is 70.0 Å². The zero-order valence-corrected chi connectivity index (χ0v) is 18.9. The highest BCUT2D eigenvalue weighted by Crippen LogP contribution is 2.55. The van der Waals surface area contributed by atoms with Crippen molar-refractivity contribution in [2.75, 3.05) is 26.7 Å². The molecule has 1 heterocycles. The van der Waals surface area contributed by atoms with Gasteiger partial charge in [-0.05, 0) is 87.8 Å². The second-order valence-electron chi connectivity index (χ2n) is 11.2. The summed E-state index contributed by atoms with van der Waals surface area (Å²) in [5.41, 5.74) is 1.53. The summed E-state index contributed by atoms with van der Waals surface area (Å²) in [5, 5.41) is 3.56. The third-order valence-electron chi connectivity index (χ3n) is 8.60. The van der Waals surface area contributed by atoms with Gasteiger partial charge in [-0.3, -0.25) is 14.6 Å². The predicted molar refractivity (Wildman–Crippen MR) is 121 cm³/mol. The molecule has 6 rings (SSSR count). The lowest BCUT2D eigenvalue weighted by Gasteiger charge is -2.57. The number of rotatable bonds is 6. The molecular formula is C26H39N3O. The van der Waals surface area contributed by atoms with E-state index in [-0.39, 0.29) is 11.4 Å². The molecule has 1 aromatic rings. The Balaban J connectivity index is 1.12. The maximum absolute atomic E-state index is 13.0. The van der Waals surface area contributed by atoms with E-state index in [9.17, 15) is 4.79 Å². The fourth-order valence-electron chi connectivity index (χ4n) is 7.80. The molecule has 4 aliphatic carbocycles. The lowest BCUT2D eigenvalue weighted by atomic mass is 9.53. The van der Waals surface area contributed by atoms with Crippen LogP contribution in [0.4, 0.5) is 0 Å². The molecule has 2 atom stereocenters. The van der Waals surface area contributed by atoms with Crippen LogP contribution in [-0.2, 0) is 11.3 Å². The fraction of sp³-hybridized carbons (Fsp3) is 0.731. The number of amides is 1. The quantitative estimate of drug-likeness (QED) is 0.774. The second kappa shape index (κ2) is 8.27. The summed E-state index contributed by atoms with van der Waals surface area (Å²) < 4.78 is 0. The lowest BCUT2D eigenvalue weighted by molar-refractivity contribution is -0.128. The Morgan fingerprint density at radius 3 is 2.33 bits per heavy atom. The number of likely N-dealkylation sites (tertiary alicyclic amines) is 1. The van der Waals surface area contributed by atoms with E-state index in [1.807, 2.05) is 0 Å². The van der Waals surface area contributed by atoms with E-state index in [1.165, 1.54) is 44.1 Å². The smallest absolute Gasteiger partial charge is 0.234 e. The maximum atomic E-state index is 13.0. The number of hydrogen-bond donors (Lipinski definition) is 1. The molecule has 0 spiro atoms. The summed E-state index contributed by atoms with van der Waals surface area (Å²) in [7, 11) is 2.16. The number of likely N-dealkylation sites (N-methyl/N-ethyl adjacent to an activating group) is 1. The normalized spacial score (nSPS) is 38.2. The minimum Gasteiger partial charge on any atom is -0.350 e. The Morgan fingerprint density at radius 2 is 1.73 bits per heavy atom. The highest BCUT2D eigenvalue weighted by Gasteiger charge is 2.51. The van der Waals surface area contributed by atoms with Crippen LogP contribution in [-0.4, -0.2) is 54.0 Å². The van der Waals surface area contributed by atoms with Gasteiger partial charge in [0.05, 0.1) is 6.54 Å². The molecule has 0 aromatic heterocycles. The van der Waals surface area contributed by atoms with Gasteiger partial charge in [0.25, 0.3) is 0 Å². The van der Waals surface area contributed by atoms with Crippen LogP contribution in [0.3, 0.4) is 0 Å². The Labute approximate surface area is 182 Å². The average molecular weight is 410 g/mol. The molecule has 0 radical (unpaired) electrons. The van der Waals surface area contributed by atoms with Crippen molar-refractivity contribution in [3.63, 3.8) is 0 Å². The van der Waals surface area contributed by atoms with Crippen molar-refractivity contribution in [3.8, 4) is 0 Å². The van der Waals surface area contributed by atoms with Crippen molar-refractivity contribution in [1.29, 1.82) is 0 Å². The summed E-state index contributed by atoms with van der Waals surface area (Å²) in [5.74, 6) is 3.48. The van der Waals surface area contributed by atoms with Gasteiger partial charge in [0.2, 0.25) is 5.91 Å². The number of nitrogens with zero attached hydrogens (tertiary/aromatic N) is 2. The molecule has 0 unspecified atom stereocenters. The zero-order valence-electron chi connectivity index (χ0n) is 18.9. The Morgan fingerprint density at radius 1 is 1.10 bits per heavy atom. The minimum absolute atomic E-state index is 0.136. The van der Waals surface area contributed by atoms with E-state index < -0.39 is 0 Å². The van der Waals surface area contributed by atoms with E-state index in [1.54, 1.807) is 0 Å². The Bertz CT molecular complexity index is 713. The largest absolute Gasteiger partial charge is 0.350 e. The van der Waals surface area contributed by atoms with Gasteiger partial charge in [-0.25, -0.2) is 0 Å². The molecule has 4 nitrogen and oxygen atoms in total. The molecule has 164 valence electrons. The molecule has 1 aliphatic heterocycles. The number of carbonyl (C=O) groups is 1. The van der Waals surface area contributed by atoms with Gasteiger partial charge in [-0.1, -0.05) is 37.3 Å². The molecule has 4 heteroatoms. The highest BCUT2D eigenvalue weighted by molar-refractivity contribution is 5.79. The van der Waals surface area contributed by atoms with Crippen LogP contribution in [0.1, 0.15) is 57.4 Å². The van der Waals surface area contributed by atoms with E-state index in [0.717, 1.165) is 43.8 Å². The number of carbonyl (C=O) groups excluding carboxylic acids is 1. The Hall–Kier alpha value is -1.39. The molecule has 1 N–H and O–H groups in total. The van der Waals surface area contributed by atoms with Crippen molar-refractivity contribution < 1.29 is 4.79 Å². The zero-order chi connectivity index (χ0) is 20.7. The van der Waals surface area contributed by atoms with Gasteiger partial charge in [0.15, 0.2) is 0 Å². The van der Waals surface area contributed by atoms with Crippen LogP contribution < -0.4 is 5.32 Å². The van der Waals surface area contributed by atoms with Crippen LogP contribution in [0, 0.1) is 23.7 Å². The topological polar surface area (TPSA) is 35.6 Å². The van der Waals surface area contributed by atoms with Crippen molar-refractivity contribution in [2.24, 2.45) is 23.7 Å². The average Bonchev–Trinajstić information content (AvgIpc) is 2.67. The van der Waals surface area contributed by atoms with Gasteiger partial charge in [0, 0.05) is 24.7 Å². The molecule has 4 saturated carbocycles. The van der Waals surface area contributed by atoms with Gasteiger partial charge >= 0.3 is 0 Å². The third-order valence-corrected chi connectivity index (χ3v) is 8.60. The summed E-state index contributed by atoms with van der Waals surface area (Å²) >= 11 is 0. The summed E-state index contributed by atoms with van der Waals surface area (Å²) in [4.78, 5) is 17.9. The van der Waals surface area contributed by atoms with Crippen LogP contribution in [0.5, 0.6) is 0 Å². The SMILES string of the molecule is C[C@@H]1CN(Cc2ccccc2)CC[C@@H]1N(C)CC(=O)NC12CC3CC(CC(C3)C1)C2. The first-order chi connectivity index (χ1) is 14.5. The summed E-state index contributed by atoms with van der Waals surface area (Å²) in [6.45, 7) is 6.17. The molecule has 5 aliphatic rings. The second-order valence-corrected chi connectivity index (χ2v) is 11.2. The monoisotopic (exact) mass is 409 g/mol. The first-order valence-electron chi connectivity index (χ1n) is 12.3. The number of benzene rings is 1. The standard InChI is InChI=1S/C26H39N3O/c1-19-16-29(17-20-6-4-3-5-7-20)9-8-24(19)28(2)18-25(30)27-26-13-21-10-22(14-26)12-23(11-21)15-26/h3-7,19,21-24H,8-18H2,1-2H3,(H,27,30)/t19-,21?,22?,23?,24+,26?/m1/s1. The molecule has 1 saturated heterocycles. The molecule has 5 fully saturated rings. The maximum Gasteiger partial charge on any atom is 0.234 e. The predicted octanol–water partition coefficient (Wildman–Crippen LogP) is 3.91. The number of piperidine rings is 1. The lowest BCUT2D eigenvalue weighted by Crippen LogP contribution is -2.61. The van der Waals surface area contributed by atoms with Gasteiger partial charge in [0.1, 0.15) is 0 Å². The van der Waals surface area contributed by atoms with Crippen molar-refractivity contribution in [1.82, 2.24) is 15.1 Å². The van der Waals surface area contributed by atoms with Crippen LogP contribution in [0.2, 0.25) is 0 Å². The number of nitrogens with one attached hydrogen (secondary N) is 1. The Kier molecular flexibility index (Phi) is 5.66. The molecule has 4 bridgehead atoms. The van der Waals surface area contributed by atoms with Crippen LogP contribution in [0.25, 0.3) is 0 Å². The van der Waals surface area contributed by atoms with Gasteiger partial charge in [-0.2, -0.15) is 0 Å². The highest BCUT2D eigenvalue weighted by atomic mass is 16.2. The van der Waals surface area contributed by atoms with E-state index in [0.29, 0.717) is 18.5 Å². The van der Waals surface area contributed by atoms with E-state index in [2.05, 4.69) is 59.4 Å². The first kappa shape index (κ1) is 20.5. The van der Waals surface area contributed by atoms with Crippen molar-refractivity contribution >= 4 is 5.91 Å². The minimum atomic E-state index is 0.136. The fourth-order valence-corrected chi connectivity index (χ4v) is 7.80. The molecule has 1 aromatic carbocycles. The van der Waals surface area contributed by atoms with Crippen LogP contribution >= 0.6 is 0 Å². The van der Waals surface area contributed by atoms with E-state index in [4.69, 9.17) is 0 Å². The first-order valence-corrected chi connectivity index (χ1v) is 12.3. The summed E-state index contributed by atoms with van der Waals surface area (Å²) in [6, 6.07) is 11.3. The molecular weight excluding hydrogens is 370 g/mol. The van der Waals surface area contributed by atoms with Crippen molar-refractivity contribution in [3.05, 3.63) is 35.9 Å². The van der Waals surface area contributed by atoms with Crippen LogP contribution in [0.15, 0.2) is 30.3 Å². The van der Waals surface area contributed by atoms with Gasteiger partial charge < -0.3 is 5.32 Å². The number of hydrogen-bond acceptors (Lipinski definition) is 3.